The molecule has 2 N–H and O–H groups in total. The molecule has 6 nitrogen and oxygen atoms in total. The van der Waals surface area contributed by atoms with E-state index in [0.29, 0.717) is 24.4 Å². The van der Waals surface area contributed by atoms with Crippen molar-refractivity contribution in [2.45, 2.75) is 58.5 Å². The topological polar surface area (TPSA) is 78.5 Å². The number of carbonyl (C=O) groups is 3. The summed E-state index contributed by atoms with van der Waals surface area (Å²) in [5, 5.41) is 7.77. The maximum Gasteiger partial charge on any atom is 0.262 e. The van der Waals surface area contributed by atoms with Crippen LogP contribution < -0.4 is 10.6 Å². The van der Waals surface area contributed by atoms with E-state index in [2.05, 4.69) is 10.6 Å². The van der Waals surface area contributed by atoms with E-state index in [1.807, 2.05) is 37.1 Å². The highest BCUT2D eigenvalue weighted by Crippen LogP contribution is 2.22. The molecule has 144 valence electrons. The average molecular weight is 380 g/mol. The van der Waals surface area contributed by atoms with Crippen LogP contribution in [0.15, 0.2) is 17.5 Å². The number of amides is 3. The second-order valence-corrected chi connectivity index (χ2v) is 7.77. The summed E-state index contributed by atoms with van der Waals surface area (Å²) in [7, 11) is 0. The van der Waals surface area contributed by atoms with Crippen molar-refractivity contribution in [3.05, 3.63) is 22.4 Å². The maximum absolute atomic E-state index is 12.8. The van der Waals surface area contributed by atoms with Crippen LogP contribution >= 0.6 is 11.3 Å². The maximum atomic E-state index is 12.8. The number of carbonyl (C=O) groups excluding carboxylic acids is 3. The third-order valence-corrected chi connectivity index (χ3v) is 5.85. The van der Waals surface area contributed by atoms with Gasteiger partial charge in [-0.1, -0.05) is 19.9 Å². The number of likely N-dealkylation sites (tertiary alicyclic amines) is 1. The van der Waals surface area contributed by atoms with Crippen LogP contribution in [0.3, 0.4) is 0 Å². The molecule has 1 aliphatic rings. The van der Waals surface area contributed by atoms with E-state index in [-0.39, 0.29) is 29.7 Å². The van der Waals surface area contributed by atoms with Gasteiger partial charge in [-0.3, -0.25) is 14.4 Å². The number of rotatable bonds is 7. The summed E-state index contributed by atoms with van der Waals surface area (Å²) in [5.41, 5.74) is 0. The first-order valence-electron chi connectivity index (χ1n) is 9.38. The predicted molar refractivity (Wildman–Crippen MR) is 103 cm³/mol. The van der Waals surface area contributed by atoms with Gasteiger partial charge in [-0.05, 0) is 43.6 Å². The Morgan fingerprint density at radius 3 is 2.46 bits per heavy atom. The molecule has 2 heterocycles. The molecule has 0 bridgehead atoms. The number of hydrogen-bond acceptors (Lipinski definition) is 4. The number of hydrogen-bond donors (Lipinski definition) is 2. The van der Waals surface area contributed by atoms with Gasteiger partial charge in [-0.25, -0.2) is 0 Å². The van der Waals surface area contributed by atoms with Crippen molar-refractivity contribution in [1.82, 2.24) is 15.5 Å². The highest BCUT2D eigenvalue weighted by atomic mass is 32.1. The van der Waals surface area contributed by atoms with Gasteiger partial charge in [-0.15, -0.1) is 11.3 Å². The Bertz CT molecular complexity index is 610. The third-order valence-electron chi connectivity index (χ3n) is 4.98. The molecule has 2 atom stereocenters. The Labute approximate surface area is 159 Å². The molecule has 0 saturated carbocycles. The zero-order valence-electron chi connectivity index (χ0n) is 15.8. The zero-order chi connectivity index (χ0) is 19.1. The fourth-order valence-electron chi connectivity index (χ4n) is 3.16. The number of thiophene rings is 1. The van der Waals surface area contributed by atoms with Crippen LogP contribution in [0.2, 0.25) is 0 Å². The quantitative estimate of drug-likeness (QED) is 0.764. The van der Waals surface area contributed by atoms with E-state index in [9.17, 15) is 14.4 Å². The third kappa shape index (κ3) is 5.30. The van der Waals surface area contributed by atoms with Gasteiger partial charge in [0.05, 0.1) is 4.88 Å². The minimum atomic E-state index is -0.572. The Kier molecular flexibility index (Phi) is 7.63. The molecule has 2 rings (SSSR count). The van der Waals surface area contributed by atoms with Crippen molar-refractivity contribution in [2.24, 2.45) is 5.92 Å². The molecule has 1 aliphatic heterocycles. The van der Waals surface area contributed by atoms with E-state index in [1.54, 1.807) is 6.07 Å². The van der Waals surface area contributed by atoms with Crippen LogP contribution in [0.25, 0.3) is 0 Å². The Hall–Kier alpha value is -1.89. The summed E-state index contributed by atoms with van der Waals surface area (Å²) in [6.45, 7) is 7.11. The zero-order valence-corrected chi connectivity index (χ0v) is 16.6. The molecule has 0 aromatic carbocycles. The molecule has 1 aromatic rings. The molecule has 3 amide bonds. The lowest BCUT2D eigenvalue weighted by Crippen LogP contribution is -2.55. The second kappa shape index (κ2) is 9.71. The first-order valence-corrected chi connectivity index (χ1v) is 10.3. The first-order chi connectivity index (χ1) is 12.5. The fourth-order valence-corrected chi connectivity index (χ4v) is 3.78. The Morgan fingerprint density at radius 1 is 1.23 bits per heavy atom. The minimum Gasteiger partial charge on any atom is -0.352 e. The summed E-state index contributed by atoms with van der Waals surface area (Å²) < 4.78 is 0. The number of nitrogens with zero attached hydrogens (tertiary/aromatic N) is 1. The van der Waals surface area contributed by atoms with Crippen molar-refractivity contribution < 1.29 is 14.4 Å². The van der Waals surface area contributed by atoms with E-state index >= 15 is 0 Å². The van der Waals surface area contributed by atoms with E-state index in [4.69, 9.17) is 0 Å². The standard InChI is InChI=1S/C19H29N3O3S/c1-4-13(3)20-19(25)17(21-18(24)15-7-6-12-26-15)14-8-10-22(11-9-14)16(23)5-2/h6-7,12-14,17H,4-5,8-11H2,1-3H3,(H,20,25)(H,21,24)/t13-,17+/m1/s1. The highest BCUT2D eigenvalue weighted by Gasteiger charge is 2.34. The molecule has 1 fully saturated rings. The molecular formula is C19H29N3O3S. The Morgan fingerprint density at radius 2 is 1.92 bits per heavy atom. The molecule has 1 saturated heterocycles. The van der Waals surface area contributed by atoms with Gasteiger partial charge in [0.2, 0.25) is 11.8 Å². The van der Waals surface area contributed by atoms with Crippen LogP contribution in [-0.2, 0) is 9.59 Å². The van der Waals surface area contributed by atoms with Gasteiger partial charge in [0.25, 0.3) is 5.91 Å². The average Bonchev–Trinajstić information content (AvgIpc) is 3.20. The van der Waals surface area contributed by atoms with Gasteiger partial charge in [0, 0.05) is 25.6 Å². The van der Waals surface area contributed by atoms with Gasteiger partial charge >= 0.3 is 0 Å². The SMILES string of the molecule is CCC(=O)N1CCC([C@H](NC(=O)c2cccs2)C(=O)N[C@H](C)CC)CC1. The van der Waals surface area contributed by atoms with Crippen LogP contribution in [0.4, 0.5) is 0 Å². The molecule has 7 heteroatoms. The van der Waals surface area contributed by atoms with Crippen molar-refractivity contribution in [1.29, 1.82) is 0 Å². The summed E-state index contributed by atoms with van der Waals surface area (Å²) in [5.74, 6) is -0.170. The molecule has 0 unspecified atom stereocenters. The van der Waals surface area contributed by atoms with Gasteiger partial charge in [0.1, 0.15) is 6.04 Å². The summed E-state index contributed by atoms with van der Waals surface area (Å²) in [6, 6.07) is 3.07. The molecule has 1 aromatic heterocycles. The van der Waals surface area contributed by atoms with Crippen LogP contribution in [0, 0.1) is 5.92 Å². The monoisotopic (exact) mass is 379 g/mol. The van der Waals surface area contributed by atoms with E-state index < -0.39 is 6.04 Å². The van der Waals surface area contributed by atoms with E-state index in [0.717, 1.165) is 19.3 Å². The number of nitrogens with one attached hydrogen (secondary N) is 2. The molecule has 26 heavy (non-hydrogen) atoms. The van der Waals surface area contributed by atoms with Crippen LogP contribution in [-0.4, -0.2) is 47.8 Å². The Balaban J connectivity index is 2.06. The minimum absolute atomic E-state index is 0.0314. The normalized spacial score (nSPS) is 17.4. The van der Waals surface area contributed by atoms with Gasteiger partial charge in [-0.2, -0.15) is 0 Å². The lowest BCUT2D eigenvalue weighted by Gasteiger charge is -2.36. The molecule has 0 radical (unpaired) electrons. The molecule has 0 spiro atoms. The summed E-state index contributed by atoms with van der Waals surface area (Å²) >= 11 is 1.36. The van der Waals surface area contributed by atoms with Crippen molar-refractivity contribution in [3.63, 3.8) is 0 Å². The lowest BCUT2D eigenvalue weighted by molar-refractivity contribution is -0.132. The van der Waals surface area contributed by atoms with Gasteiger partial charge < -0.3 is 15.5 Å². The second-order valence-electron chi connectivity index (χ2n) is 6.82. The van der Waals surface area contributed by atoms with E-state index in [1.165, 1.54) is 11.3 Å². The predicted octanol–water partition coefficient (Wildman–Crippen LogP) is 2.41. The summed E-state index contributed by atoms with van der Waals surface area (Å²) in [6.07, 6.45) is 2.77. The van der Waals surface area contributed by atoms with Crippen molar-refractivity contribution in [2.75, 3.05) is 13.1 Å². The van der Waals surface area contributed by atoms with Crippen LogP contribution in [0.5, 0.6) is 0 Å². The smallest absolute Gasteiger partial charge is 0.262 e. The molecule has 0 aliphatic carbocycles. The van der Waals surface area contributed by atoms with Crippen LogP contribution in [0.1, 0.15) is 56.1 Å². The van der Waals surface area contributed by atoms with Crippen molar-refractivity contribution >= 4 is 29.1 Å². The molecular weight excluding hydrogens is 350 g/mol. The largest absolute Gasteiger partial charge is 0.352 e. The lowest BCUT2D eigenvalue weighted by atomic mass is 9.88. The van der Waals surface area contributed by atoms with Gasteiger partial charge in [0.15, 0.2) is 0 Å². The highest BCUT2D eigenvalue weighted by molar-refractivity contribution is 7.12. The summed E-state index contributed by atoms with van der Waals surface area (Å²) in [4.78, 5) is 39.6. The number of piperidine rings is 1. The first kappa shape index (κ1) is 20.4. The fraction of sp³-hybridized carbons (Fsp3) is 0.632. The van der Waals surface area contributed by atoms with Crippen molar-refractivity contribution in [3.8, 4) is 0 Å².